The average molecular weight is 837 g/mol. The Balaban J connectivity index is 0.000000382. The quantitative estimate of drug-likeness (QED) is 0.0631. The van der Waals surface area contributed by atoms with Crippen molar-refractivity contribution in [1.29, 1.82) is 0 Å². The zero-order valence-electron chi connectivity index (χ0n) is 31.2. The molecule has 5 aromatic rings. The number of carbonyl (C=O) groups is 1. The van der Waals surface area contributed by atoms with Gasteiger partial charge in [-0.05, 0) is 55.9 Å². The summed E-state index contributed by atoms with van der Waals surface area (Å²) in [4.78, 5) is 16.4. The molecule has 257 valence electrons. The third-order valence-corrected chi connectivity index (χ3v) is 10.9. The summed E-state index contributed by atoms with van der Waals surface area (Å²) in [7, 11) is -1.54. The number of aromatic nitrogens is 1. The number of carbonyl (C=O) groups excluding carboxylic acids is 1. The molecule has 48 heavy (non-hydrogen) atoms. The van der Waals surface area contributed by atoms with Gasteiger partial charge in [-0.2, -0.15) is 0 Å². The molecule has 0 unspecified atom stereocenters. The number of rotatable bonds is 5. The van der Waals surface area contributed by atoms with E-state index in [0.717, 1.165) is 11.3 Å². The summed E-state index contributed by atoms with van der Waals surface area (Å²) in [6.07, 6.45) is 3.31. The number of aliphatic hydroxyl groups is 1. The molecule has 1 heterocycles. The molecule has 0 spiro atoms. The third kappa shape index (κ3) is 8.72. The number of allylic oxidation sites excluding steroid dienone is 2. The minimum absolute atomic E-state index is 0. The fourth-order valence-electron chi connectivity index (χ4n) is 5.62. The molecule has 0 saturated heterocycles. The molecular weight excluding hydrogens is 783 g/mol. The number of benzene rings is 4. The first-order valence-corrected chi connectivity index (χ1v) is 20.5. The molecule has 0 bridgehead atoms. The number of pyridine rings is 1. The predicted octanol–water partition coefficient (Wildman–Crippen LogP) is 11.9. The van der Waals surface area contributed by atoms with E-state index in [2.05, 4.69) is 114 Å². The van der Waals surface area contributed by atoms with Crippen molar-refractivity contribution in [3.05, 3.63) is 95.9 Å². The smallest absolute Gasteiger partial charge is 0.164 e. The Morgan fingerprint density at radius 2 is 1.31 bits per heavy atom. The molecule has 0 aliphatic rings. The fraction of sp³-hybridized carbons (Fsp3) is 0.395. The van der Waals surface area contributed by atoms with Crippen LogP contribution in [0.3, 0.4) is 0 Å². The van der Waals surface area contributed by atoms with E-state index in [1.807, 2.05) is 47.7 Å². The van der Waals surface area contributed by atoms with Crippen LogP contribution >= 0.6 is 0 Å². The Kier molecular flexibility index (Phi) is 12.1. The first-order chi connectivity index (χ1) is 21.7. The molecule has 1 aromatic heterocycles. The molecule has 3 nitrogen and oxygen atoms in total. The molecule has 0 fully saturated rings. The van der Waals surface area contributed by atoms with Crippen molar-refractivity contribution in [1.82, 2.24) is 4.98 Å². The van der Waals surface area contributed by atoms with Crippen LogP contribution in [0.4, 0.5) is 0 Å². The number of aliphatic hydroxyl groups excluding tert-OH is 1. The van der Waals surface area contributed by atoms with Gasteiger partial charge in [-0.3, -0.25) is 4.79 Å². The summed E-state index contributed by atoms with van der Waals surface area (Å²) in [5, 5.41) is 19.0. The minimum Gasteiger partial charge on any atom is -0.512 e. The van der Waals surface area contributed by atoms with Gasteiger partial charge in [0.25, 0.3) is 0 Å². The Morgan fingerprint density at radius 1 is 0.750 bits per heavy atom. The standard InChI is InChI=1S/C32H34NSi.C11H20O2.Ir/c1-20(2)22-16-23(21(3)4)18-24(17-22)32-29-13-12-26-25-10-8-9-11-28(25)31(34(5,6)7)19-30(26)27(29)14-15-33-32;1-10(2,3)8(12)7-9(13)11(4,5)6;/h8-17,19-21H,1-7H3;7,12H,1-6H3;/q-1;;/b;8-7-;. The first-order valence-electron chi connectivity index (χ1n) is 17.0. The molecule has 0 aliphatic heterocycles. The molecule has 1 radical (unpaired) electrons. The molecule has 4 aromatic carbocycles. The molecule has 0 amide bonds. The van der Waals surface area contributed by atoms with Crippen molar-refractivity contribution in [2.24, 2.45) is 10.8 Å². The number of hydrogen-bond acceptors (Lipinski definition) is 3. The van der Waals surface area contributed by atoms with Crippen molar-refractivity contribution in [2.75, 3.05) is 0 Å². The molecule has 0 aliphatic carbocycles. The van der Waals surface area contributed by atoms with Crippen LogP contribution in [0, 0.1) is 16.9 Å². The fourth-order valence-corrected chi connectivity index (χ4v) is 7.23. The largest absolute Gasteiger partial charge is 0.512 e. The van der Waals surface area contributed by atoms with E-state index >= 15 is 0 Å². The van der Waals surface area contributed by atoms with Crippen LogP contribution in [0.2, 0.25) is 19.6 Å². The van der Waals surface area contributed by atoms with E-state index < -0.39 is 13.5 Å². The van der Waals surface area contributed by atoms with E-state index in [0.29, 0.717) is 11.8 Å². The summed E-state index contributed by atoms with van der Waals surface area (Å²) in [5.41, 5.74) is 3.98. The zero-order valence-corrected chi connectivity index (χ0v) is 34.6. The summed E-state index contributed by atoms with van der Waals surface area (Å²) in [5.74, 6) is 0.999. The van der Waals surface area contributed by atoms with E-state index in [-0.39, 0.29) is 37.1 Å². The van der Waals surface area contributed by atoms with Crippen LogP contribution in [0.25, 0.3) is 43.6 Å². The number of ketones is 1. The summed E-state index contributed by atoms with van der Waals surface area (Å²) in [6, 6.07) is 26.5. The monoisotopic (exact) mass is 837 g/mol. The predicted molar refractivity (Wildman–Crippen MR) is 207 cm³/mol. The third-order valence-electron chi connectivity index (χ3n) is 8.82. The topological polar surface area (TPSA) is 50.2 Å². The van der Waals surface area contributed by atoms with Gasteiger partial charge in [0.1, 0.15) is 5.76 Å². The molecule has 5 heteroatoms. The maximum absolute atomic E-state index is 11.5. The molecule has 0 saturated carbocycles. The Morgan fingerprint density at radius 3 is 1.85 bits per heavy atom. The van der Waals surface area contributed by atoms with Crippen molar-refractivity contribution >= 4 is 51.4 Å². The second-order valence-electron chi connectivity index (χ2n) is 16.6. The summed E-state index contributed by atoms with van der Waals surface area (Å²) in [6.45, 7) is 27.4. The molecule has 1 N–H and O–H groups in total. The summed E-state index contributed by atoms with van der Waals surface area (Å²) < 4.78 is 0. The van der Waals surface area contributed by atoms with Gasteiger partial charge in [0, 0.05) is 43.2 Å². The van der Waals surface area contributed by atoms with Crippen LogP contribution in [0.5, 0.6) is 0 Å². The second kappa shape index (κ2) is 14.8. The van der Waals surface area contributed by atoms with Crippen molar-refractivity contribution < 1.29 is 30.0 Å². The van der Waals surface area contributed by atoms with Crippen molar-refractivity contribution in [2.45, 2.75) is 101 Å². The molecule has 5 rings (SSSR count). The summed E-state index contributed by atoms with van der Waals surface area (Å²) >= 11 is 0. The van der Waals surface area contributed by atoms with Gasteiger partial charge in [0.2, 0.25) is 0 Å². The van der Waals surface area contributed by atoms with Crippen LogP contribution in [0.15, 0.2) is 78.7 Å². The van der Waals surface area contributed by atoms with Gasteiger partial charge in [0.05, 0.1) is 8.07 Å². The van der Waals surface area contributed by atoms with Crippen molar-refractivity contribution in [3.63, 3.8) is 0 Å². The Bertz CT molecular complexity index is 1940. The maximum atomic E-state index is 11.5. The zero-order chi connectivity index (χ0) is 35.1. The van der Waals surface area contributed by atoms with Gasteiger partial charge >= 0.3 is 0 Å². The number of nitrogens with zero attached hydrogens (tertiary/aromatic N) is 1. The van der Waals surface area contributed by atoms with Crippen LogP contribution in [-0.4, -0.2) is 23.9 Å². The number of hydrogen-bond donors (Lipinski definition) is 1. The Labute approximate surface area is 303 Å². The number of fused-ring (bicyclic) bond motifs is 5. The van der Waals surface area contributed by atoms with Crippen LogP contribution in [-0.2, 0) is 24.9 Å². The van der Waals surface area contributed by atoms with E-state index in [9.17, 15) is 9.90 Å². The average Bonchev–Trinajstić information content (AvgIpc) is 2.98. The van der Waals surface area contributed by atoms with E-state index in [4.69, 9.17) is 4.98 Å². The first kappa shape index (κ1) is 39.3. The van der Waals surface area contributed by atoms with Gasteiger partial charge < -0.3 is 10.1 Å². The molecular formula is C43H54IrNO2Si-. The Hall–Kier alpha value is -3.11. The van der Waals surface area contributed by atoms with Crippen LogP contribution in [0.1, 0.15) is 92.2 Å². The van der Waals surface area contributed by atoms with Gasteiger partial charge in [-0.1, -0.05) is 137 Å². The SMILES string of the molecule is CC(C)(C)C(=O)/C=C(\O)C(C)(C)C.CC(C)c1[c-]c(-c2nccc3c2ccc2c4ccccc4c([Si](C)(C)C)cc32)cc(C(C)C)c1.[Ir]. The van der Waals surface area contributed by atoms with Crippen LogP contribution < -0.4 is 5.19 Å². The van der Waals surface area contributed by atoms with E-state index in [1.54, 1.807) is 0 Å². The van der Waals surface area contributed by atoms with Gasteiger partial charge in [0.15, 0.2) is 5.78 Å². The normalized spacial score (nSPS) is 12.8. The van der Waals surface area contributed by atoms with Gasteiger partial charge in [-0.25, -0.2) is 0 Å². The maximum Gasteiger partial charge on any atom is 0.164 e. The second-order valence-corrected chi connectivity index (χ2v) is 21.7. The van der Waals surface area contributed by atoms with Crippen molar-refractivity contribution in [3.8, 4) is 11.3 Å². The van der Waals surface area contributed by atoms with E-state index in [1.165, 1.54) is 54.7 Å². The minimum atomic E-state index is -1.54. The van der Waals surface area contributed by atoms with Gasteiger partial charge in [-0.15, -0.1) is 34.9 Å². The molecule has 0 atom stereocenters.